The summed E-state index contributed by atoms with van der Waals surface area (Å²) in [4.78, 5) is 32.3. The number of nitrogens with one attached hydrogen (secondary N) is 1. The van der Waals surface area contributed by atoms with Gasteiger partial charge in [-0.05, 0) is 55.3 Å². The molecule has 2 aromatic carbocycles. The van der Waals surface area contributed by atoms with Gasteiger partial charge in [0.2, 0.25) is 11.8 Å². The number of nitrogens with zero attached hydrogens (tertiary/aromatic N) is 3. The molecule has 2 heterocycles. The minimum absolute atomic E-state index is 0.0179. The second-order valence-electron chi connectivity index (χ2n) is 8.80. The standard InChI is InChI=1S/C26H34N4O2/c1-4-20-8-6-7-9-24(20)30-18-21(17-25(30)31)26(32)27-23-11-10-22(16-19(23)3)29-14-12-28(5-2)13-15-29/h6-11,16,21H,4-5,12-15,17-18H2,1-3H3,(H,27,32). The number of piperazine rings is 1. The third-order valence-electron chi connectivity index (χ3n) is 6.81. The van der Waals surface area contributed by atoms with Gasteiger partial charge in [-0.1, -0.05) is 32.0 Å². The molecule has 170 valence electrons. The van der Waals surface area contributed by atoms with E-state index in [9.17, 15) is 9.59 Å². The summed E-state index contributed by atoms with van der Waals surface area (Å²) in [5, 5.41) is 3.08. The van der Waals surface area contributed by atoms with Crippen molar-refractivity contribution < 1.29 is 9.59 Å². The SMILES string of the molecule is CCc1ccccc1N1CC(C(=O)Nc2ccc(N3CCN(CC)CC3)cc2C)CC1=O. The molecule has 0 bridgehead atoms. The van der Waals surface area contributed by atoms with Crippen LogP contribution < -0.4 is 15.1 Å². The van der Waals surface area contributed by atoms with E-state index in [2.05, 4.69) is 41.1 Å². The Morgan fingerprint density at radius 1 is 1.06 bits per heavy atom. The molecule has 6 nitrogen and oxygen atoms in total. The lowest BCUT2D eigenvalue weighted by Crippen LogP contribution is -2.46. The number of hydrogen-bond donors (Lipinski definition) is 1. The van der Waals surface area contributed by atoms with Gasteiger partial charge in [-0.3, -0.25) is 9.59 Å². The van der Waals surface area contributed by atoms with Crippen molar-refractivity contribution in [1.82, 2.24) is 4.90 Å². The molecular formula is C26H34N4O2. The first-order valence-electron chi connectivity index (χ1n) is 11.8. The lowest BCUT2D eigenvalue weighted by molar-refractivity contribution is -0.122. The maximum Gasteiger partial charge on any atom is 0.229 e. The Morgan fingerprint density at radius 3 is 2.50 bits per heavy atom. The number of hydrogen-bond acceptors (Lipinski definition) is 4. The fraction of sp³-hybridized carbons (Fsp3) is 0.462. The average Bonchev–Trinajstić information content (AvgIpc) is 3.22. The van der Waals surface area contributed by atoms with Gasteiger partial charge in [-0.25, -0.2) is 0 Å². The summed E-state index contributed by atoms with van der Waals surface area (Å²) >= 11 is 0. The van der Waals surface area contributed by atoms with Crippen molar-refractivity contribution in [3.05, 3.63) is 53.6 Å². The normalized spacial score (nSPS) is 19.5. The van der Waals surface area contributed by atoms with Crippen LogP contribution in [0.2, 0.25) is 0 Å². The Balaban J connectivity index is 1.40. The lowest BCUT2D eigenvalue weighted by atomic mass is 10.1. The van der Waals surface area contributed by atoms with Gasteiger partial charge >= 0.3 is 0 Å². The first-order valence-corrected chi connectivity index (χ1v) is 11.8. The Bertz CT molecular complexity index is 982. The Hall–Kier alpha value is -2.86. The van der Waals surface area contributed by atoms with E-state index >= 15 is 0 Å². The highest BCUT2D eigenvalue weighted by Crippen LogP contribution is 2.30. The zero-order valence-electron chi connectivity index (χ0n) is 19.4. The minimum atomic E-state index is -0.339. The van der Waals surface area contributed by atoms with E-state index in [1.54, 1.807) is 4.90 Å². The van der Waals surface area contributed by atoms with Gasteiger partial charge in [-0.15, -0.1) is 0 Å². The fourth-order valence-corrected chi connectivity index (χ4v) is 4.73. The van der Waals surface area contributed by atoms with Crippen LogP contribution in [0.5, 0.6) is 0 Å². The van der Waals surface area contributed by atoms with E-state index in [0.29, 0.717) is 6.54 Å². The zero-order valence-corrected chi connectivity index (χ0v) is 19.4. The summed E-state index contributed by atoms with van der Waals surface area (Å²) in [6.07, 6.45) is 1.11. The quantitative estimate of drug-likeness (QED) is 0.753. The highest BCUT2D eigenvalue weighted by atomic mass is 16.2. The summed E-state index contributed by atoms with van der Waals surface area (Å²) in [6, 6.07) is 14.2. The number of carbonyl (C=O) groups is 2. The van der Waals surface area contributed by atoms with E-state index in [1.807, 2.05) is 37.3 Å². The monoisotopic (exact) mass is 434 g/mol. The van der Waals surface area contributed by atoms with E-state index in [-0.39, 0.29) is 24.2 Å². The third kappa shape index (κ3) is 4.65. The van der Waals surface area contributed by atoms with Crippen LogP contribution in [0.25, 0.3) is 0 Å². The number of para-hydroxylation sites is 1. The predicted octanol–water partition coefficient (Wildman–Crippen LogP) is 3.69. The van der Waals surface area contributed by atoms with Crippen molar-refractivity contribution in [3.63, 3.8) is 0 Å². The molecule has 1 unspecified atom stereocenters. The number of rotatable bonds is 6. The minimum Gasteiger partial charge on any atom is -0.369 e. The Kier molecular flexibility index (Phi) is 6.80. The third-order valence-corrected chi connectivity index (χ3v) is 6.81. The molecule has 2 aromatic rings. The van der Waals surface area contributed by atoms with E-state index in [1.165, 1.54) is 5.69 Å². The van der Waals surface area contributed by atoms with Crippen LogP contribution in [0.15, 0.2) is 42.5 Å². The second-order valence-corrected chi connectivity index (χ2v) is 8.80. The number of amides is 2. The summed E-state index contributed by atoms with van der Waals surface area (Å²) in [6.45, 7) is 12.1. The molecule has 1 atom stereocenters. The summed E-state index contributed by atoms with van der Waals surface area (Å²) in [5.74, 6) is -0.403. The van der Waals surface area contributed by atoms with Gasteiger partial charge < -0.3 is 20.0 Å². The Morgan fingerprint density at radius 2 is 1.81 bits per heavy atom. The van der Waals surface area contributed by atoms with Crippen LogP contribution >= 0.6 is 0 Å². The van der Waals surface area contributed by atoms with Crippen LogP contribution in [-0.2, 0) is 16.0 Å². The number of aryl methyl sites for hydroxylation is 2. The topological polar surface area (TPSA) is 55.9 Å². The summed E-state index contributed by atoms with van der Waals surface area (Å²) in [7, 11) is 0. The van der Waals surface area contributed by atoms with Crippen molar-refractivity contribution in [2.24, 2.45) is 5.92 Å². The first kappa shape index (κ1) is 22.3. The number of benzene rings is 2. The summed E-state index contributed by atoms with van der Waals surface area (Å²) in [5.41, 5.74) is 5.14. The van der Waals surface area contributed by atoms with Crippen LogP contribution in [0, 0.1) is 12.8 Å². The van der Waals surface area contributed by atoms with Crippen LogP contribution in [0.1, 0.15) is 31.4 Å². The van der Waals surface area contributed by atoms with Gasteiger partial charge in [-0.2, -0.15) is 0 Å². The van der Waals surface area contributed by atoms with Crippen molar-refractivity contribution in [2.75, 3.05) is 54.4 Å². The molecule has 2 aliphatic rings. The van der Waals surface area contributed by atoms with E-state index in [0.717, 1.165) is 61.6 Å². The average molecular weight is 435 g/mol. The zero-order chi connectivity index (χ0) is 22.7. The van der Waals surface area contributed by atoms with Gasteiger partial charge in [0.15, 0.2) is 0 Å². The fourth-order valence-electron chi connectivity index (χ4n) is 4.73. The van der Waals surface area contributed by atoms with Crippen LogP contribution in [0.4, 0.5) is 17.1 Å². The van der Waals surface area contributed by atoms with Gasteiger partial charge in [0.25, 0.3) is 0 Å². The number of likely N-dealkylation sites (N-methyl/N-ethyl adjacent to an activating group) is 1. The van der Waals surface area contributed by atoms with Crippen molar-refractivity contribution in [2.45, 2.75) is 33.6 Å². The molecule has 4 rings (SSSR count). The molecule has 2 fully saturated rings. The molecule has 1 N–H and O–H groups in total. The highest BCUT2D eigenvalue weighted by molar-refractivity contribution is 6.04. The van der Waals surface area contributed by atoms with Crippen molar-refractivity contribution in [1.29, 1.82) is 0 Å². The molecule has 2 amide bonds. The highest BCUT2D eigenvalue weighted by Gasteiger charge is 2.36. The molecule has 0 aromatic heterocycles. The largest absolute Gasteiger partial charge is 0.369 e. The molecule has 0 saturated carbocycles. The molecule has 6 heteroatoms. The smallest absolute Gasteiger partial charge is 0.229 e. The van der Waals surface area contributed by atoms with Gasteiger partial charge in [0.1, 0.15) is 0 Å². The van der Waals surface area contributed by atoms with Crippen molar-refractivity contribution >= 4 is 28.9 Å². The maximum absolute atomic E-state index is 13.0. The van der Waals surface area contributed by atoms with Crippen molar-refractivity contribution in [3.8, 4) is 0 Å². The molecule has 2 saturated heterocycles. The van der Waals surface area contributed by atoms with Crippen LogP contribution in [0.3, 0.4) is 0 Å². The molecule has 0 radical (unpaired) electrons. The lowest BCUT2D eigenvalue weighted by Gasteiger charge is -2.35. The van der Waals surface area contributed by atoms with E-state index < -0.39 is 0 Å². The molecule has 0 spiro atoms. The first-order chi connectivity index (χ1) is 15.5. The van der Waals surface area contributed by atoms with Gasteiger partial charge in [0.05, 0.1) is 5.92 Å². The predicted molar refractivity (Wildman–Crippen MR) is 130 cm³/mol. The second kappa shape index (κ2) is 9.74. The molecule has 0 aliphatic carbocycles. The summed E-state index contributed by atoms with van der Waals surface area (Å²) < 4.78 is 0. The Labute approximate surface area is 191 Å². The number of carbonyl (C=O) groups excluding carboxylic acids is 2. The van der Waals surface area contributed by atoms with Crippen LogP contribution in [-0.4, -0.2) is 56.0 Å². The molecule has 2 aliphatic heterocycles. The van der Waals surface area contributed by atoms with E-state index in [4.69, 9.17) is 0 Å². The molecular weight excluding hydrogens is 400 g/mol. The number of anilines is 3. The molecule has 32 heavy (non-hydrogen) atoms. The maximum atomic E-state index is 13.0. The van der Waals surface area contributed by atoms with Gasteiger partial charge in [0, 0.05) is 56.2 Å².